The highest BCUT2D eigenvalue weighted by Crippen LogP contribution is 2.17. The fourth-order valence-corrected chi connectivity index (χ4v) is 1.74. The number of hydrogen-bond donors (Lipinski definition) is 1. The van der Waals surface area contributed by atoms with Crippen molar-refractivity contribution in [1.82, 2.24) is 10.2 Å². The lowest BCUT2D eigenvalue weighted by Crippen LogP contribution is -2.43. The molecule has 1 aliphatic heterocycles. The zero-order valence-electron chi connectivity index (χ0n) is 8.17. The monoisotopic (exact) mass is 184 g/mol. The summed E-state index contributed by atoms with van der Waals surface area (Å²) < 4.78 is 0. The number of amides is 1. The largest absolute Gasteiger partial charge is 0.332 e. The van der Waals surface area contributed by atoms with Crippen LogP contribution in [0.1, 0.15) is 19.8 Å². The number of carbonyl (C=O) groups is 2. The van der Waals surface area contributed by atoms with Crippen LogP contribution in [0, 0.1) is 0 Å². The van der Waals surface area contributed by atoms with Gasteiger partial charge in [0.1, 0.15) is 0 Å². The van der Waals surface area contributed by atoms with Gasteiger partial charge in [0.05, 0.1) is 12.6 Å². The van der Waals surface area contributed by atoms with E-state index < -0.39 is 0 Å². The van der Waals surface area contributed by atoms with Gasteiger partial charge in [-0.1, -0.05) is 0 Å². The first kappa shape index (κ1) is 10.2. The standard InChI is InChI=1S/C9H16N2O2/c1-7(12)8-4-3-5-11(8)9(13)6-10-2/h8,10H,3-6H2,1-2H3/t8-/m0/s1. The van der Waals surface area contributed by atoms with E-state index in [1.54, 1.807) is 18.9 Å². The van der Waals surface area contributed by atoms with Gasteiger partial charge < -0.3 is 10.2 Å². The van der Waals surface area contributed by atoms with Crippen LogP contribution in [0.2, 0.25) is 0 Å². The summed E-state index contributed by atoms with van der Waals surface area (Å²) in [6.07, 6.45) is 1.77. The summed E-state index contributed by atoms with van der Waals surface area (Å²) >= 11 is 0. The molecule has 13 heavy (non-hydrogen) atoms. The van der Waals surface area contributed by atoms with Crippen LogP contribution in [-0.4, -0.2) is 42.8 Å². The van der Waals surface area contributed by atoms with Crippen LogP contribution < -0.4 is 5.32 Å². The van der Waals surface area contributed by atoms with Crippen LogP contribution >= 0.6 is 0 Å². The second-order valence-electron chi connectivity index (χ2n) is 3.39. The molecule has 0 bridgehead atoms. The summed E-state index contributed by atoms with van der Waals surface area (Å²) in [5.41, 5.74) is 0. The van der Waals surface area contributed by atoms with Crippen molar-refractivity contribution in [3.63, 3.8) is 0 Å². The molecule has 0 aromatic heterocycles. The molecule has 0 radical (unpaired) electrons. The third-order valence-electron chi connectivity index (χ3n) is 2.37. The van der Waals surface area contributed by atoms with Gasteiger partial charge in [-0.25, -0.2) is 0 Å². The molecule has 74 valence electrons. The Morgan fingerprint density at radius 3 is 2.77 bits per heavy atom. The molecule has 0 saturated carbocycles. The normalized spacial score (nSPS) is 22.0. The van der Waals surface area contributed by atoms with Gasteiger partial charge >= 0.3 is 0 Å². The summed E-state index contributed by atoms with van der Waals surface area (Å²) in [6, 6.07) is -0.166. The maximum Gasteiger partial charge on any atom is 0.237 e. The van der Waals surface area contributed by atoms with E-state index in [2.05, 4.69) is 5.32 Å². The Morgan fingerprint density at radius 1 is 1.54 bits per heavy atom. The number of nitrogens with zero attached hydrogens (tertiary/aromatic N) is 1. The second-order valence-corrected chi connectivity index (χ2v) is 3.39. The van der Waals surface area contributed by atoms with E-state index >= 15 is 0 Å². The van der Waals surface area contributed by atoms with Gasteiger partial charge in [-0.2, -0.15) is 0 Å². The number of Topliss-reactive ketones (excluding diaryl/α,β-unsaturated/α-hetero) is 1. The third kappa shape index (κ3) is 2.28. The van der Waals surface area contributed by atoms with Crippen LogP contribution in [0.4, 0.5) is 0 Å². The average molecular weight is 184 g/mol. The molecule has 0 unspecified atom stereocenters. The van der Waals surface area contributed by atoms with Crippen molar-refractivity contribution in [2.75, 3.05) is 20.1 Å². The van der Waals surface area contributed by atoms with Crippen LogP contribution in [0.15, 0.2) is 0 Å². The molecule has 0 spiro atoms. The summed E-state index contributed by atoms with van der Waals surface area (Å²) in [4.78, 5) is 24.3. The molecule has 0 aromatic carbocycles. The van der Waals surface area contributed by atoms with Gasteiger partial charge in [-0.3, -0.25) is 9.59 Å². The number of likely N-dealkylation sites (N-methyl/N-ethyl adjacent to an activating group) is 1. The summed E-state index contributed by atoms with van der Waals surface area (Å²) in [5, 5.41) is 2.80. The maximum atomic E-state index is 11.5. The van der Waals surface area contributed by atoms with Crippen LogP contribution in [-0.2, 0) is 9.59 Å². The molecule has 4 heteroatoms. The Balaban J connectivity index is 2.57. The molecule has 1 amide bonds. The molecule has 1 atom stereocenters. The molecule has 1 saturated heterocycles. The first-order chi connectivity index (χ1) is 6.16. The molecule has 0 aliphatic carbocycles. The Kier molecular flexibility index (Phi) is 3.42. The van der Waals surface area contributed by atoms with E-state index in [0.717, 1.165) is 19.4 Å². The second kappa shape index (κ2) is 4.37. The van der Waals surface area contributed by atoms with Gasteiger partial charge in [0.25, 0.3) is 0 Å². The zero-order valence-corrected chi connectivity index (χ0v) is 8.17. The van der Waals surface area contributed by atoms with Gasteiger partial charge in [0.2, 0.25) is 5.91 Å². The lowest BCUT2D eigenvalue weighted by molar-refractivity contribution is -0.136. The highest BCUT2D eigenvalue weighted by Gasteiger charge is 2.30. The third-order valence-corrected chi connectivity index (χ3v) is 2.37. The van der Waals surface area contributed by atoms with Crippen molar-refractivity contribution < 1.29 is 9.59 Å². The van der Waals surface area contributed by atoms with Crippen LogP contribution in [0.25, 0.3) is 0 Å². The molecule has 1 aliphatic rings. The van der Waals surface area contributed by atoms with E-state index in [0.29, 0.717) is 6.54 Å². The highest BCUT2D eigenvalue weighted by atomic mass is 16.2. The van der Waals surface area contributed by atoms with Crippen molar-refractivity contribution in [3.05, 3.63) is 0 Å². The van der Waals surface area contributed by atoms with Crippen LogP contribution in [0.5, 0.6) is 0 Å². The smallest absolute Gasteiger partial charge is 0.237 e. The highest BCUT2D eigenvalue weighted by molar-refractivity contribution is 5.88. The number of likely N-dealkylation sites (tertiary alicyclic amines) is 1. The van der Waals surface area contributed by atoms with E-state index in [-0.39, 0.29) is 17.7 Å². The Morgan fingerprint density at radius 2 is 2.23 bits per heavy atom. The molecule has 1 heterocycles. The lowest BCUT2D eigenvalue weighted by Gasteiger charge is -2.22. The average Bonchev–Trinajstić information content (AvgIpc) is 2.52. The quantitative estimate of drug-likeness (QED) is 0.660. The SMILES string of the molecule is CNCC(=O)N1CCC[C@H]1C(C)=O. The molecular formula is C9H16N2O2. The number of ketones is 1. The Bertz CT molecular complexity index is 216. The minimum atomic E-state index is -0.166. The van der Waals surface area contributed by atoms with Crippen molar-refractivity contribution in [2.45, 2.75) is 25.8 Å². The van der Waals surface area contributed by atoms with Crippen molar-refractivity contribution in [3.8, 4) is 0 Å². The summed E-state index contributed by atoms with van der Waals surface area (Å²) in [7, 11) is 1.73. The number of nitrogens with one attached hydrogen (secondary N) is 1. The minimum absolute atomic E-state index is 0.0280. The minimum Gasteiger partial charge on any atom is -0.332 e. The fraction of sp³-hybridized carbons (Fsp3) is 0.778. The predicted molar refractivity (Wildman–Crippen MR) is 49.3 cm³/mol. The number of hydrogen-bond acceptors (Lipinski definition) is 3. The molecule has 1 fully saturated rings. The topological polar surface area (TPSA) is 49.4 Å². The van der Waals surface area contributed by atoms with Crippen LogP contribution in [0.3, 0.4) is 0 Å². The van der Waals surface area contributed by atoms with Crippen molar-refractivity contribution >= 4 is 11.7 Å². The maximum absolute atomic E-state index is 11.5. The first-order valence-electron chi connectivity index (χ1n) is 4.61. The lowest BCUT2D eigenvalue weighted by atomic mass is 10.1. The van der Waals surface area contributed by atoms with Gasteiger partial charge in [0.15, 0.2) is 5.78 Å². The summed E-state index contributed by atoms with van der Waals surface area (Å²) in [5.74, 6) is 0.127. The van der Waals surface area contributed by atoms with Crippen molar-refractivity contribution in [1.29, 1.82) is 0 Å². The van der Waals surface area contributed by atoms with Gasteiger partial charge in [-0.15, -0.1) is 0 Å². The molecule has 4 nitrogen and oxygen atoms in total. The molecule has 1 rings (SSSR count). The summed E-state index contributed by atoms with van der Waals surface area (Å²) in [6.45, 7) is 2.60. The van der Waals surface area contributed by atoms with E-state index in [4.69, 9.17) is 0 Å². The molecular weight excluding hydrogens is 168 g/mol. The Hall–Kier alpha value is -0.900. The molecule has 0 aromatic rings. The van der Waals surface area contributed by atoms with Crippen molar-refractivity contribution in [2.24, 2.45) is 0 Å². The predicted octanol–water partition coefficient (Wildman–Crippen LogP) is -0.214. The van der Waals surface area contributed by atoms with Gasteiger partial charge in [0, 0.05) is 6.54 Å². The van der Waals surface area contributed by atoms with Gasteiger partial charge in [-0.05, 0) is 26.8 Å². The fourth-order valence-electron chi connectivity index (χ4n) is 1.74. The van der Waals surface area contributed by atoms with E-state index in [1.165, 1.54) is 0 Å². The zero-order chi connectivity index (χ0) is 9.84. The number of rotatable bonds is 3. The molecule has 1 N–H and O–H groups in total. The van der Waals surface area contributed by atoms with E-state index in [1.807, 2.05) is 0 Å². The Labute approximate surface area is 78.3 Å². The number of carbonyl (C=O) groups excluding carboxylic acids is 2. The van der Waals surface area contributed by atoms with E-state index in [9.17, 15) is 9.59 Å². The first-order valence-corrected chi connectivity index (χ1v) is 4.61.